The van der Waals surface area contributed by atoms with Crippen LogP contribution in [0.4, 0.5) is 0 Å². The third-order valence-electron chi connectivity index (χ3n) is 3.80. The van der Waals surface area contributed by atoms with Gasteiger partial charge in [0.1, 0.15) is 0 Å². The van der Waals surface area contributed by atoms with Crippen molar-refractivity contribution < 1.29 is 0 Å². The molecule has 16 heavy (non-hydrogen) atoms. The molecule has 1 saturated carbocycles. The average Bonchev–Trinajstić information content (AvgIpc) is 3.00. The molecule has 1 aliphatic rings. The fourth-order valence-corrected chi connectivity index (χ4v) is 2.26. The van der Waals surface area contributed by atoms with Gasteiger partial charge in [0, 0.05) is 12.1 Å². The summed E-state index contributed by atoms with van der Waals surface area (Å²) in [5.74, 6) is 1.76. The highest BCUT2D eigenvalue weighted by atomic mass is 15.1. The van der Waals surface area contributed by atoms with E-state index in [4.69, 9.17) is 0 Å². The van der Waals surface area contributed by atoms with Crippen molar-refractivity contribution in [3.8, 4) is 0 Å². The molecule has 0 radical (unpaired) electrons. The van der Waals surface area contributed by atoms with E-state index in [0.29, 0.717) is 6.04 Å². The van der Waals surface area contributed by atoms with Crippen LogP contribution in [-0.4, -0.2) is 37.1 Å². The number of rotatable bonds is 8. The number of nitrogens with zero attached hydrogens (tertiary/aromatic N) is 1. The largest absolute Gasteiger partial charge is 0.313 e. The third kappa shape index (κ3) is 4.84. The molecule has 0 aromatic carbocycles. The van der Waals surface area contributed by atoms with Gasteiger partial charge in [-0.05, 0) is 65.1 Å². The molecule has 1 aliphatic carbocycles. The van der Waals surface area contributed by atoms with Crippen molar-refractivity contribution in [2.75, 3.05) is 20.1 Å². The lowest BCUT2D eigenvalue weighted by Crippen LogP contribution is -2.38. The van der Waals surface area contributed by atoms with Crippen molar-refractivity contribution in [3.63, 3.8) is 0 Å². The van der Waals surface area contributed by atoms with E-state index < -0.39 is 0 Å². The molecule has 1 atom stereocenters. The van der Waals surface area contributed by atoms with Crippen LogP contribution in [-0.2, 0) is 0 Å². The lowest BCUT2D eigenvalue weighted by atomic mass is 9.99. The van der Waals surface area contributed by atoms with Gasteiger partial charge in [0.05, 0.1) is 0 Å². The summed E-state index contributed by atoms with van der Waals surface area (Å²) in [7, 11) is 2.21. The van der Waals surface area contributed by atoms with Crippen molar-refractivity contribution >= 4 is 0 Å². The highest BCUT2D eigenvalue weighted by Gasteiger charge is 2.32. The molecule has 0 spiro atoms. The maximum atomic E-state index is 3.75. The van der Waals surface area contributed by atoms with E-state index in [9.17, 15) is 0 Å². The Morgan fingerprint density at radius 2 is 1.81 bits per heavy atom. The average molecular weight is 226 g/mol. The van der Waals surface area contributed by atoms with Crippen LogP contribution in [0, 0.1) is 11.8 Å². The Kier molecular flexibility index (Phi) is 5.77. The topological polar surface area (TPSA) is 15.3 Å². The van der Waals surface area contributed by atoms with Gasteiger partial charge in [-0.3, -0.25) is 0 Å². The summed E-state index contributed by atoms with van der Waals surface area (Å²) in [5, 5.41) is 3.75. The molecule has 0 amide bonds. The summed E-state index contributed by atoms with van der Waals surface area (Å²) < 4.78 is 0. The predicted octanol–water partition coefficient (Wildman–Crippen LogP) is 2.74. The van der Waals surface area contributed by atoms with Gasteiger partial charge in [0.2, 0.25) is 0 Å². The summed E-state index contributed by atoms with van der Waals surface area (Å²) in [4.78, 5) is 2.42. The molecular formula is C14H30N2. The van der Waals surface area contributed by atoms with Gasteiger partial charge in [-0.15, -0.1) is 0 Å². The molecule has 0 aromatic heterocycles. The zero-order valence-electron chi connectivity index (χ0n) is 11.8. The summed E-state index contributed by atoms with van der Waals surface area (Å²) in [6.45, 7) is 11.6. The first kappa shape index (κ1) is 14.0. The van der Waals surface area contributed by atoms with Crippen LogP contribution in [0.25, 0.3) is 0 Å². The number of nitrogens with one attached hydrogen (secondary N) is 1. The summed E-state index contributed by atoms with van der Waals surface area (Å²) in [5.41, 5.74) is 0. The second-order valence-corrected chi connectivity index (χ2v) is 5.99. The van der Waals surface area contributed by atoms with Gasteiger partial charge in [-0.25, -0.2) is 0 Å². The van der Waals surface area contributed by atoms with Gasteiger partial charge >= 0.3 is 0 Å². The SMILES string of the molecule is CC(C)C(NCCCN(C)C(C)C)C1CC1. The molecule has 1 N–H and O–H groups in total. The van der Waals surface area contributed by atoms with Gasteiger partial charge in [0.25, 0.3) is 0 Å². The quantitative estimate of drug-likeness (QED) is 0.640. The van der Waals surface area contributed by atoms with Crippen molar-refractivity contribution in [3.05, 3.63) is 0 Å². The van der Waals surface area contributed by atoms with E-state index in [1.165, 1.54) is 32.4 Å². The van der Waals surface area contributed by atoms with Crippen LogP contribution in [0.2, 0.25) is 0 Å². The lowest BCUT2D eigenvalue weighted by molar-refractivity contribution is 0.263. The second kappa shape index (κ2) is 6.61. The summed E-state index contributed by atoms with van der Waals surface area (Å²) >= 11 is 0. The lowest BCUT2D eigenvalue weighted by Gasteiger charge is -2.24. The molecule has 0 aromatic rings. The molecule has 0 heterocycles. The molecule has 2 nitrogen and oxygen atoms in total. The smallest absolute Gasteiger partial charge is 0.0118 e. The zero-order chi connectivity index (χ0) is 12.1. The van der Waals surface area contributed by atoms with Crippen molar-refractivity contribution in [1.82, 2.24) is 10.2 Å². The van der Waals surface area contributed by atoms with Crippen LogP contribution in [0.15, 0.2) is 0 Å². The molecule has 2 heteroatoms. The van der Waals surface area contributed by atoms with E-state index in [-0.39, 0.29) is 0 Å². The van der Waals surface area contributed by atoms with E-state index >= 15 is 0 Å². The monoisotopic (exact) mass is 226 g/mol. The van der Waals surface area contributed by atoms with Gasteiger partial charge in [0.15, 0.2) is 0 Å². The van der Waals surface area contributed by atoms with Crippen molar-refractivity contribution in [2.45, 2.75) is 59.0 Å². The fraction of sp³-hybridized carbons (Fsp3) is 1.00. The van der Waals surface area contributed by atoms with E-state index in [2.05, 4.69) is 45.0 Å². The Hall–Kier alpha value is -0.0800. The second-order valence-electron chi connectivity index (χ2n) is 5.99. The molecule has 0 bridgehead atoms. The molecular weight excluding hydrogens is 196 g/mol. The van der Waals surface area contributed by atoms with Crippen molar-refractivity contribution in [1.29, 1.82) is 0 Å². The van der Waals surface area contributed by atoms with Gasteiger partial charge < -0.3 is 10.2 Å². The van der Waals surface area contributed by atoms with Gasteiger partial charge in [-0.1, -0.05) is 13.8 Å². The maximum Gasteiger partial charge on any atom is 0.0118 e. The molecule has 1 rings (SSSR count). The summed E-state index contributed by atoms with van der Waals surface area (Å²) in [6.07, 6.45) is 4.16. The molecule has 1 fully saturated rings. The highest BCUT2D eigenvalue weighted by molar-refractivity contribution is 4.88. The Labute approximate surface area is 102 Å². The van der Waals surface area contributed by atoms with Crippen LogP contribution >= 0.6 is 0 Å². The standard InChI is InChI=1S/C14H30N2/c1-11(2)14(13-7-8-13)15-9-6-10-16(5)12(3)4/h11-15H,6-10H2,1-5H3. The molecule has 0 saturated heterocycles. The first-order valence-electron chi connectivity index (χ1n) is 6.96. The normalized spacial score (nSPS) is 18.8. The first-order chi connectivity index (χ1) is 7.52. The van der Waals surface area contributed by atoms with Crippen LogP contribution in [0.3, 0.4) is 0 Å². The summed E-state index contributed by atoms with van der Waals surface area (Å²) in [6, 6.07) is 1.44. The molecule has 0 aliphatic heterocycles. The maximum absolute atomic E-state index is 3.75. The van der Waals surface area contributed by atoms with E-state index in [1.54, 1.807) is 0 Å². The van der Waals surface area contributed by atoms with Crippen LogP contribution in [0.1, 0.15) is 47.0 Å². The minimum Gasteiger partial charge on any atom is -0.313 e. The van der Waals surface area contributed by atoms with E-state index in [0.717, 1.165) is 17.9 Å². The molecule has 1 unspecified atom stereocenters. The van der Waals surface area contributed by atoms with Crippen molar-refractivity contribution in [2.24, 2.45) is 11.8 Å². The van der Waals surface area contributed by atoms with Crippen LogP contribution < -0.4 is 5.32 Å². The Morgan fingerprint density at radius 1 is 1.19 bits per heavy atom. The number of hydrogen-bond acceptors (Lipinski definition) is 2. The number of hydrogen-bond donors (Lipinski definition) is 1. The Balaban J connectivity index is 2.09. The Morgan fingerprint density at radius 3 is 2.25 bits per heavy atom. The minimum atomic E-state index is 0.671. The first-order valence-corrected chi connectivity index (χ1v) is 6.96. The molecule has 96 valence electrons. The third-order valence-corrected chi connectivity index (χ3v) is 3.80. The van der Waals surface area contributed by atoms with Crippen LogP contribution in [0.5, 0.6) is 0 Å². The minimum absolute atomic E-state index is 0.671. The van der Waals surface area contributed by atoms with Gasteiger partial charge in [-0.2, -0.15) is 0 Å². The predicted molar refractivity (Wildman–Crippen MR) is 71.7 cm³/mol. The Bertz CT molecular complexity index is 183. The fourth-order valence-electron chi connectivity index (χ4n) is 2.26. The zero-order valence-corrected chi connectivity index (χ0v) is 11.8. The van der Waals surface area contributed by atoms with E-state index in [1.807, 2.05) is 0 Å². The highest BCUT2D eigenvalue weighted by Crippen LogP contribution is 2.35.